The molecule has 0 spiro atoms. The first kappa shape index (κ1) is 18.0. The van der Waals surface area contributed by atoms with Crippen molar-refractivity contribution in [2.45, 2.75) is 33.5 Å². The Labute approximate surface area is 131 Å². The number of hydrazine groups is 1. The summed E-state index contributed by atoms with van der Waals surface area (Å²) < 4.78 is 10.2. The lowest BCUT2D eigenvalue weighted by Gasteiger charge is -2.24. The average Bonchev–Trinajstić information content (AvgIpc) is 2.50. The highest BCUT2D eigenvalue weighted by Gasteiger charge is 2.23. The van der Waals surface area contributed by atoms with Crippen LogP contribution >= 0.6 is 0 Å². The molecule has 0 saturated carbocycles. The van der Waals surface area contributed by atoms with Crippen molar-refractivity contribution >= 4 is 12.1 Å². The highest BCUT2D eigenvalue weighted by Crippen LogP contribution is 2.05. The molecule has 1 atom stereocenters. The molecule has 6 nitrogen and oxygen atoms in total. The quantitative estimate of drug-likeness (QED) is 0.618. The van der Waals surface area contributed by atoms with Gasteiger partial charge in [0.15, 0.2) is 6.10 Å². The average molecular weight is 308 g/mol. The molecule has 0 aromatic heterocycles. The van der Waals surface area contributed by atoms with Crippen LogP contribution in [-0.4, -0.2) is 36.8 Å². The third-order valence-corrected chi connectivity index (χ3v) is 2.87. The molecule has 1 aromatic carbocycles. The van der Waals surface area contributed by atoms with Gasteiger partial charge in [0.2, 0.25) is 0 Å². The van der Waals surface area contributed by atoms with Gasteiger partial charge in [-0.3, -0.25) is 0 Å². The van der Waals surface area contributed by atoms with Crippen molar-refractivity contribution in [2.75, 3.05) is 13.6 Å². The molecule has 0 aliphatic carbocycles. The number of rotatable bonds is 7. The van der Waals surface area contributed by atoms with Crippen LogP contribution in [0.4, 0.5) is 4.79 Å². The van der Waals surface area contributed by atoms with Crippen LogP contribution in [-0.2, 0) is 20.9 Å². The van der Waals surface area contributed by atoms with Crippen molar-refractivity contribution in [2.24, 2.45) is 5.92 Å². The van der Waals surface area contributed by atoms with E-state index < -0.39 is 18.2 Å². The first-order valence-corrected chi connectivity index (χ1v) is 7.30. The number of ether oxygens (including phenoxy) is 2. The van der Waals surface area contributed by atoms with E-state index in [9.17, 15) is 9.59 Å². The molecule has 0 heterocycles. The molecule has 0 bridgehead atoms. The van der Waals surface area contributed by atoms with Gasteiger partial charge < -0.3 is 9.47 Å². The molecule has 1 N–H and O–H groups in total. The standard InChI is InChI=1S/C16H24N2O4/c1-12(2)10-18(17-4)16(20)22-13(3)15(19)21-11-14-8-6-5-7-9-14/h5-9,12-13,17H,10-11H2,1-4H3. The topological polar surface area (TPSA) is 67.9 Å². The summed E-state index contributed by atoms with van der Waals surface area (Å²) >= 11 is 0. The number of amides is 1. The number of nitrogens with one attached hydrogen (secondary N) is 1. The van der Waals surface area contributed by atoms with Crippen molar-refractivity contribution < 1.29 is 19.1 Å². The Bertz CT molecular complexity index is 476. The molecule has 6 heteroatoms. The highest BCUT2D eigenvalue weighted by atomic mass is 16.6. The van der Waals surface area contributed by atoms with Crippen LogP contribution in [0.3, 0.4) is 0 Å². The maximum Gasteiger partial charge on any atom is 0.425 e. The summed E-state index contributed by atoms with van der Waals surface area (Å²) in [6.07, 6.45) is -1.56. The zero-order valence-electron chi connectivity index (χ0n) is 13.5. The molecule has 0 aliphatic rings. The van der Waals surface area contributed by atoms with Gasteiger partial charge in [0.05, 0.1) is 0 Å². The largest absolute Gasteiger partial charge is 0.458 e. The zero-order valence-corrected chi connectivity index (χ0v) is 13.5. The second-order valence-electron chi connectivity index (χ2n) is 5.35. The summed E-state index contributed by atoms with van der Waals surface area (Å²) in [5.74, 6) is -0.293. The van der Waals surface area contributed by atoms with Gasteiger partial charge in [0.1, 0.15) is 6.61 Å². The van der Waals surface area contributed by atoms with Crippen molar-refractivity contribution in [1.29, 1.82) is 0 Å². The van der Waals surface area contributed by atoms with Gasteiger partial charge in [-0.2, -0.15) is 0 Å². The van der Waals surface area contributed by atoms with Gasteiger partial charge in [-0.05, 0) is 18.4 Å². The van der Waals surface area contributed by atoms with Crippen LogP contribution < -0.4 is 5.43 Å². The van der Waals surface area contributed by atoms with Crippen molar-refractivity contribution in [3.63, 3.8) is 0 Å². The Morgan fingerprint density at radius 3 is 2.36 bits per heavy atom. The molecule has 0 radical (unpaired) electrons. The van der Waals surface area contributed by atoms with Gasteiger partial charge in [0.25, 0.3) is 0 Å². The normalized spacial score (nSPS) is 11.9. The van der Waals surface area contributed by atoms with E-state index in [4.69, 9.17) is 9.47 Å². The third kappa shape index (κ3) is 6.13. The van der Waals surface area contributed by atoms with Crippen LogP contribution in [0.5, 0.6) is 0 Å². The molecular weight excluding hydrogens is 284 g/mol. The number of carbonyl (C=O) groups is 2. The predicted molar refractivity (Wildman–Crippen MR) is 82.8 cm³/mol. The summed E-state index contributed by atoms with van der Waals surface area (Å²) in [5, 5.41) is 1.33. The Hall–Kier alpha value is -2.08. The first-order chi connectivity index (χ1) is 10.4. The Kier molecular flexibility index (Phi) is 7.39. The molecule has 1 unspecified atom stereocenters. The summed E-state index contributed by atoms with van der Waals surface area (Å²) in [4.78, 5) is 23.8. The molecule has 22 heavy (non-hydrogen) atoms. The lowest BCUT2D eigenvalue weighted by atomic mass is 10.2. The van der Waals surface area contributed by atoms with Crippen molar-refractivity contribution in [3.8, 4) is 0 Å². The van der Waals surface area contributed by atoms with E-state index >= 15 is 0 Å². The summed E-state index contributed by atoms with van der Waals surface area (Å²) in [6, 6.07) is 9.33. The fraction of sp³-hybridized carbons (Fsp3) is 0.500. The van der Waals surface area contributed by atoms with Crippen LogP contribution in [0, 0.1) is 5.92 Å². The highest BCUT2D eigenvalue weighted by molar-refractivity contribution is 5.78. The van der Waals surface area contributed by atoms with E-state index in [0.717, 1.165) is 5.56 Å². The molecule has 1 rings (SSSR count). The number of carbonyl (C=O) groups excluding carboxylic acids is 2. The van der Waals surface area contributed by atoms with E-state index in [2.05, 4.69) is 5.43 Å². The van der Waals surface area contributed by atoms with Gasteiger partial charge >= 0.3 is 12.1 Å². The van der Waals surface area contributed by atoms with E-state index in [1.165, 1.54) is 11.9 Å². The number of hydrogen-bond donors (Lipinski definition) is 1. The minimum Gasteiger partial charge on any atom is -0.458 e. The fourth-order valence-electron chi connectivity index (χ4n) is 1.73. The molecule has 0 fully saturated rings. The van der Waals surface area contributed by atoms with E-state index in [-0.39, 0.29) is 12.5 Å². The number of hydrogen-bond acceptors (Lipinski definition) is 5. The second-order valence-corrected chi connectivity index (χ2v) is 5.35. The Morgan fingerprint density at radius 1 is 1.18 bits per heavy atom. The van der Waals surface area contributed by atoms with E-state index in [1.54, 1.807) is 7.05 Å². The van der Waals surface area contributed by atoms with Crippen molar-refractivity contribution in [3.05, 3.63) is 35.9 Å². The summed E-state index contributed by atoms with van der Waals surface area (Å²) in [5.41, 5.74) is 3.62. The van der Waals surface area contributed by atoms with Crippen LogP contribution in [0.15, 0.2) is 30.3 Å². The number of nitrogens with zero attached hydrogens (tertiary/aromatic N) is 1. The maximum absolute atomic E-state index is 11.9. The fourth-order valence-corrected chi connectivity index (χ4v) is 1.73. The second kappa shape index (κ2) is 9.04. The predicted octanol–water partition coefficient (Wildman–Crippen LogP) is 2.35. The smallest absolute Gasteiger partial charge is 0.425 e. The lowest BCUT2D eigenvalue weighted by Crippen LogP contribution is -2.45. The molecule has 0 aliphatic heterocycles. The number of esters is 1. The van der Waals surface area contributed by atoms with Crippen LogP contribution in [0.1, 0.15) is 26.3 Å². The first-order valence-electron chi connectivity index (χ1n) is 7.30. The monoisotopic (exact) mass is 308 g/mol. The van der Waals surface area contributed by atoms with E-state index in [0.29, 0.717) is 6.54 Å². The van der Waals surface area contributed by atoms with Gasteiger partial charge in [-0.15, -0.1) is 0 Å². The molecule has 1 aromatic rings. The molecule has 0 saturated heterocycles. The van der Waals surface area contributed by atoms with Crippen molar-refractivity contribution in [1.82, 2.24) is 10.4 Å². The lowest BCUT2D eigenvalue weighted by molar-refractivity contribution is -0.154. The third-order valence-electron chi connectivity index (χ3n) is 2.87. The SMILES string of the molecule is CNN(CC(C)C)C(=O)OC(C)C(=O)OCc1ccccc1. The molecule has 122 valence electrons. The minimum atomic E-state index is -0.959. The van der Waals surface area contributed by atoms with Crippen LogP contribution in [0.2, 0.25) is 0 Å². The van der Waals surface area contributed by atoms with Gasteiger partial charge in [-0.25, -0.2) is 20.0 Å². The zero-order chi connectivity index (χ0) is 16.5. The maximum atomic E-state index is 11.9. The Morgan fingerprint density at radius 2 is 1.82 bits per heavy atom. The van der Waals surface area contributed by atoms with E-state index in [1.807, 2.05) is 44.2 Å². The Balaban J connectivity index is 2.44. The number of benzene rings is 1. The van der Waals surface area contributed by atoms with Gasteiger partial charge in [-0.1, -0.05) is 44.2 Å². The van der Waals surface area contributed by atoms with Gasteiger partial charge in [0, 0.05) is 13.6 Å². The molecular formula is C16H24N2O4. The summed E-state index contributed by atoms with van der Waals surface area (Å²) in [6.45, 7) is 6.10. The summed E-state index contributed by atoms with van der Waals surface area (Å²) in [7, 11) is 1.63. The molecule has 1 amide bonds. The van der Waals surface area contributed by atoms with Crippen LogP contribution in [0.25, 0.3) is 0 Å². The minimum absolute atomic E-state index is 0.156.